The Kier molecular flexibility index (Phi) is 3.62. The molecule has 21 heavy (non-hydrogen) atoms. The Morgan fingerprint density at radius 3 is 2.86 bits per heavy atom. The van der Waals surface area contributed by atoms with Crippen LogP contribution in [0.1, 0.15) is 21.8 Å². The summed E-state index contributed by atoms with van der Waals surface area (Å²) < 4.78 is 10.8. The van der Waals surface area contributed by atoms with Gasteiger partial charge in [0, 0.05) is 17.1 Å². The van der Waals surface area contributed by atoms with Gasteiger partial charge in [-0.25, -0.2) is 4.79 Å². The molecule has 3 rings (SSSR count). The summed E-state index contributed by atoms with van der Waals surface area (Å²) in [7, 11) is 0. The van der Waals surface area contributed by atoms with E-state index in [0.29, 0.717) is 16.3 Å². The lowest BCUT2D eigenvalue weighted by Crippen LogP contribution is -2.06. The second-order valence-corrected chi connectivity index (χ2v) is 4.98. The van der Waals surface area contributed by atoms with Crippen molar-refractivity contribution in [1.29, 1.82) is 0 Å². The summed E-state index contributed by atoms with van der Waals surface area (Å²) in [5, 5.41) is 1.28. The maximum atomic E-state index is 12.1. The van der Waals surface area contributed by atoms with Gasteiger partial charge in [-0.2, -0.15) is 0 Å². The van der Waals surface area contributed by atoms with Gasteiger partial charge in [0.15, 0.2) is 5.58 Å². The summed E-state index contributed by atoms with van der Waals surface area (Å²) >= 11 is 6.06. The van der Waals surface area contributed by atoms with Crippen LogP contribution in [0.3, 0.4) is 0 Å². The average Bonchev–Trinajstić information content (AvgIpc) is 2.85. The highest BCUT2D eigenvalue weighted by Gasteiger charge is 2.20. The molecule has 2 aromatic heterocycles. The second kappa shape index (κ2) is 5.58. The topological polar surface area (TPSA) is 52.3 Å². The molecule has 3 aromatic rings. The standard InChI is InChI=1S/C16H12ClNO3/c1-10-12-6-4-7-13(17)15(12)21-14(10)16(19)20-9-11-5-2-3-8-18-11/h2-8H,9H2,1H3. The van der Waals surface area contributed by atoms with Crippen LogP contribution in [0.2, 0.25) is 5.02 Å². The van der Waals surface area contributed by atoms with Crippen LogP contribution in [-0.2, 0) is 11.3 Å². The van der Waals surface area contributed by atoms with E-state index in [1.807, 2.05) is 18.2 Å². The third kappa shape index (κ3) is 2.62. The Bertz CT molecular complexity index is 796. The number of pyridine rings is 1. The number of fused-ring (bicyclic) bond motifs is 1. The molecule has 4 nitrogen and oxygen atoms in total. The normalized spacial score (nSPS) is 10.8. The molecule has 2 heterocycles. The van der Waals surface area contributed by atoms with Gasteiger partial charge in [0.05, 0.1) is 10.7 Å². The van der Waals surface area contributed by atoms with Gasteiger partial charge in [0.1, 0.15) is 6.61 Å². The lowest BCUT2D eigenvalue weighted by Gasteiger charge is -2.02. The fourth-order valence-corrected chi connectivity index (χ4v) is 2.31. The molecule has 0 atom stereocenters. The van der Waals surface area contributed by atoms with E-state index in [9.17, 15) is 4.79 Å². The van der Waals surface area contributed by atoms with Crippen molar-refractivity contribution in [2.24, 2.45) is 0 Å². The summed E-state index contributed by atoms with van der Waals surface area (Å²) in [6.45, 7) is 1.91. The fraction of sp³-hybridized carbons (Fsp3) is 0.125. The number of benzene rings is 1. The number of para-hydroxylation sites is 1. The highest BCUT2D eigenvalue weighted by molar-refractivity contribution is 6.35. The van der Waals surface area contributed by atoms with E-state index in [-0.39, 0.29) is 12.4 Å². The molecular formula is C16H12ClNO3. The molecule has 0 amide bonds. The van der Waals surface area contributed by atoms with Crippen molar-refractivity contribution >= 4 is 28.5 Å². The lowest BCUT2D eigenvalue weighted by molar-refractivity contribution is 0.0432. The van der Waals surface area contributed by atoms with Crippen molar-refractivity contribution in [3.8, 4) is 0 Å². The third-order valence-electron chi connectivity index (χ3n) is 3.18. The van der Waals surface area contributed by atoms with Gasteiger partial charge in [-0.05, 0) is 25.1 Å². The summed E-state index contributed by atoms with van der Waals surface area (Å²) in [6.07, 6.45) is 1.65. The number of aromatic nitrogens is 1. The number of hydrogen-bond acceptors (Lipinski definition) is 4. The molecule has 0 fully saturated rings. The Balaban J connectivity index is 1.85. The smallest absolute Gasteiger partial charge is 0.374 e. The summed E-state index contributed by atoms with van der Waals surface area (Å²) in [5.74, 6) is -0.348. The molecule has 5 heteroatoms. The quantitative estimate of drug-likeness (QED) is 0.682. The Hall–Kier alpha value is -2.33. The van der Waals surface area contributed by atoms with Gasteiger partial charge in [-0.15, -0.1) is 0 Å². The van der Waals surface area contributed by atoms with Crippen molar-refractivity contribution in [2.45, 2.75) is 13.5 Å². The van der Waals surface area contributed by atoms with Crippen molar-refractivity contribution in [1.82, 2.24) is 4.98 Å². The predicted octanol–water partition coefficient (Wildman–Crippen LogP) is 4.15. The zero-order valence-corrected chi connectivity index (χ0v) is 12.1. The maximum absolute atomic E-state index is 12.1. The Morgan fingerprint density at radius 2 is 2.14 bits per heavy atom. The Labute approximate surface area is 126 Å². The van der Waals surface area contributed by atoms with E-state index in [0.717, 1.165) is 10.9 Å². The molecule has 0 aliphatic heterocycles. The number of hydrogen-bond donors (Lipinski definition) is 0. The van der Waals surface area contributed by atoms with Gasteiger partial charge >= 0.3 is 5.97 Å². The van der Waals surface area contributed by atoms with Crippen LogP contribution in [0.15, 0.2) is 47.0 Å². The predicted molar refractivity (Wildman–Crippen MR) is 79.3 cm³/mol. The van der Waals surface area contributed by atoms with Gasteiger partial charge in [-0.3, -0.25) is 4.98 Å². The SMILES string of the molecule is Cc1c(C(=O)OCc2ccccn2)oc2c(Cl)cccc12. The second-order valence-electron chi connectivity index (χ2n) is 4.57. The number of rotatable bonds is 3. The van der Waals surface area contributed by atoms with Crippen LogP contribution >= 0.6 is 11.6 Å². The van der Waals surface area contributed by atoms with Crippen molar-refractivity contribution in [2.75, 3.05) is 0 Å². The molecule has 0 spiro atoms. The molecule has 0 saturated carbocycles. The monoisotopic (exact) mass is 301 g/mol. The summed E-state index contributed by atoms with van der Waals surface area (Å²) in [4.78, 5) is 16.2. The van der Waals surface area contributed by atoms with Gasteiger partial charge in [0.25, 0.3) is 0 Å². The molecule has 0 aliphatic carbocycles. The lowest BCUT2D eigenvalue weighted by atomic mass is 10.1. The average molecular weight is 302 g/mol. The van der Waals surface area contributed by atoms with Crippen LogP contribution in [0.5, 0.6) is 0 Å². The molecule has 0 aliphatic rings. The molecule has 106 valence electrons. The van der Waals surface area contributed by atoms with Crippen LogP contribution < -0.4 is 0 Å². The minimum Gasteiger partial charge on any atom is -0.453 e. The van der Waals surface area contributed by atoms with E-state index in [1.54, 1.807) is 31.3 Å². The number of esters is 1. The van der Waals surface area contributed by atoms with E-state index in [4.69, 9.17) is 20.8 Å². The van der Waals surface area contributed by atoms with Gasteiger partial charge in [0.2, 0.25) is 5.76 Å². The highest BCUT2D eigenvalue weighted by atomic mass is 35.5. The number of aryl methyl sites for hydroxylation is 1. The molecule has 0 saturated heterocycles. The van der Waals surface area contributed by atoms with E-state index < -0.39 is 5.97 Å². The molecule has 0 N–H and O–H groups in total. The minimum absolute atomic E-state index is 0.101. The molecule has 0 unspecified atom stereocenters. The number of nitrogens with zero attached hydrogens (tertiary/aromatic N) is 1. The maximum Gasteiger partial charge on any atom is 0.374 e. The van der Waals surface area contributed by atoms with Crippen molar-refractivity contribution < 1.29 is 13.9 Å². The minimum atomic E-state index is -0.523. The number of furan rings is 1. The van der Waals surface area contributed by atoms with Crippen molar-refractivity contribution in [3.63, 3.8) is 0 Å². The van der Waals surface area contributed by atoms with Gasteiger partial charge in [-0.1, -0.05) is 29.8 Å². The summed E-state index contributed by atoms with van der Waals surface area (Å²) in [5.41, 5.74) is 1.90. The first-order valence-electron chi connectivity index (χ1n) is 6.41. The molecule has 0 bridgehead atoms. The number of halogens is 1. The van der Waals surface area contributed by atoms with E-state index in [2.05, 4.69) is 4.98 Å². The first kappa shape index (κ1) is 13.6. The third-order valence-corrected chi connectivity index (χ3v) is 3.48. The van der Waals surface area contributed by atoms with Crippen LogP contribution in [0.4, 0.5) is 0 Å². The Morgan fingerprint density at radius 1 is 1.29 bits per heavy atom. The molecule has 1 aromatic carbocycles. The van der Waals surface area contributed by atoms with Crippen LogP contribution in [-0.4, -0.2) is 11.0 Å². The summed E-state index contributed by atoms with van der Waals surface area (Å²) in [6, 6.07) is 10.8. The zero-order chi connectivity index (χ0) is 14.8. The number of carbonyl (C=O) groups excluding carboxylic acids is 1. The fourth-order valence-electron chi connectivity index (χ4n) is 2.09. The largest absolute Gasteiger partial charge is 0.453 e. The van der Waals surface area contributed by atoms with E-state index >= 15 is 0 Å². The zero-order valence-electron chi connectivity index (χ0n) is 11.3. The molecular weight excluding hydrogens is 290 g/mol. The van der Waals surface area contributed by atoms with E-state index in [1.165, 1.54) is 0 Å². The first-order valence-corrected chi connectivity index (χ1v) is 6.79. The van der Waals surface area contributed by atoms with Crippen molar-refractivity contribution in [3.05, 3.63) is 64.6 Å². The number of ether oxygens (including phenoxy) is 1. The van der Waals surface area contributed by atoms with Crippen LogP contribution in [0.25, 0.3) is 11.0 Å². The first-order chi connectivity index (χ1) is 10.2. The molecule has 0 radical (unpaired) electrons. The van der Waals surface area contributed by atoms with Gasteiger partial charge < -0.3 is 9.15 Å². The highest BCUT2D eigenvalue weighted by Crippen LogP contribution is 2.31. The van der Waals surface area contributed by atoms with Crippen LogP contribution in [0, 0.1) is 6.92 Å². The number of carbonyl (C=O) groups is 1.